The molecule has 0 fully saturated rings. The smallest absolute Gasteiger partial charge is 0.269 e. The number of aromatic nitrogens is 2. The minimum Gasteiger partial charge on any atom is -0.491 e. The highest BCUT2D eigenvalue weighted by Gasteiger charge is 2.09. The van der Waals surface area contributed by atoms with Crippen molar-refractivity contribution in [3.05, 3.63) is 69.2 Å². The van der Waals surface area contributed by atoms with Gasteiger partial charge in [-0.1, -0.05) is 18.6 Å². The zero-order valence-electron chi connectivity index (χ0n) is 18.7. The molecule has 3 N–H and O–H groups in total. The first kappa shape index (κ1) is 24.2. The number of amides is 2. The number of unbranched alkanes of at least 4 members (excludes halogenated alkanes) is 2. The number of rotatable bonds is 9. The van der Waals surface area contributed by atoms with Crippen molar-refractivity contribution in [2.24, 2.45) is 0 Å². The van der Waals surface area contributed by atoms with Crippen LogP contribution in [0.25, 0.3) is 10.9 Å². The van der Waals surface area contributed by atoms with Gasteiger partial charge in [0.1, 0.15) is 5.75 Å². The number of hydrogen-bond donors (Lipinski definition) is 3. The Labute approximate surface area is 196 Å². The summed E-state index contributed by atoms with van der Waals surface area (Å²) in [5.74, 6) is 0.00483. The number of carbonyl (C=O) groups excluding carboxylic acids is 2. The molecule has 3 rings (SSSR count). The number of nitrogens with zero attached hydrogens (tertiary/aromatic N) is 1. The van der Waals surface area contributed by atoms with E-state index in [9.17, 15) is 14.4 Å². The quantitative estimate of drug-likeness (QED) is 0.251. The largest absolute Gasteiger partial charge is 0.491 e. The normalized spacial score (nSPS) is 10.9. The van der Waals surface area contributed by atoms with Gasteiger partial charge >= 0.3 is 0 Å². The Morgan fingerprint density at radius 2 is 1.76 bits per heavy atom. The molecular weight excluding hydrogens is 440 g/mol. The second kappa shape index (κ2) is 11.4. The number of aromatic amines is 1. The van der Waals surface area contributed by atoms with Crippen molar-refractivity contribution in [3.63, 3.8) is 0 Å². The molecule has 2 amide bonds. The molecule has 8 nitrogen and oxygen atoms in total. The first-order chi connectivity index (χ1) is 15.8. The summed E-state index contributed by atoms with van der Waals surface area (Å²) in [7, 11) is 0. The predicted octanol–water partition coefficient (Wildman–Crippen LogP) is 3.87. The molecule has 0 saturated carbocycles. The van der Waals surface area contributed by atoms with Gasteiger partial charge in [-0.05, 0) is 75.3 Å². The molecule has 0 bridgehead atoms. The van der Waals surface area contributed by atoms with E-state index >= 15 is 0 Å². The molecule has 0 aliphatic carbocycles. The van der Waals surface area contributed by atoms with E-state index in [1.807, 2.05) is 32.0 Å². The van der Waals surface area contributed by atoms with E-state index in [0.717, 1.165) is 11.9 Å². The zero-order valence-corrected chi connectivity index (χ0v) is 19.5. The van der Waals surface area contributed by atoms with Gasteiger partial charge in [0.15, 0.2) is 4.77 Å². The Kier molecular flexibility index (Phi) is 8.37. The van der Waals surface area contributed by atoms with Crippen LogP contribution < -0.4 is 21.1 Å². The summed E-state index contributed by atoms with van der Waals surface area (Å²) < 4.78 is 7.49. The van der Waals surface area contributed by atoms with Crippen LogP contribution in [0.15, 0.2) is 53.3 Å². The van der Waals surface area contributed by atoms with Gasteiger partial charge in [0.2, 0.25) is 5.91 Å². The van der Waals surface area contributed by atoms with Crippen LogP contribution >= 0.6 is 12.2 Å². The van der Waals surface area contributed by atoms with E-state index < -0.39 is 5.91 Å². The number of hydrazine groups is 1. The summed E-state index contributed by atoms with van der Waals surface area (Å²) >= 11 is 5.31. The fourth-order valence-electron chi connectivity index (χ4n) is 3.35. The lowest BCUT2D eigenvalue weighted by atomic mass is 10.2. The molecule has 33 heavy (non-hydrogen) atoms. The highest BCUT2D eigenvalue weighted by atomic mass is 32.1. The Morgan fingerprint density at radius 3 is 2.48 bits per heavy atom. The van der Waals surface area contributed by atoms with Gasteiger partial charge in [-0.2, -0.15) is 0 Å². The standard InChI is InChI=1S/C24H28N4O4S/c1-16(2)32-18-13-11-17(12-14-18)22(30)27-26-21(29)10-4-3-7-15-28-23(31)19-8-5-6-9-20(19)25-24(28)33/h5-6,8-9,11-14,16H,3-4,7,10,15H2,1-2H3,(H,25,33)(H,26,29)(H,27,30). The van der Waals surface area contributed by atoms with Crippen LogP contribution in [0.3, 0.4) is 0 Å². The monoisotopic (exact) mass is 468 g/mol. The molecule has 2 aromatic carbocycles. The third-order valence-corrected chi connectivity index (χ3v) is 5.30. The number of hydrogen-bond acceptors (Lipinski definition) is 5. The first-order valence-electron chi connectivity index (χ1n) is 10.9. The van der Waals surface area contributed by atoms with Crippen molar-refractivity contribution in [3.8, 4) is 5.75 Å². The average molecular weight is 469 g/mol. The second-order valence-electron chi connectivity index (χ2n) is 7.94. The topological polar surface area (TPSA) is 105 Å². The fourth-order valence-corrected chi connectivity index (χ4v) is 3.64. The van der Waals surface area contributed by atoms with E-state index in [-0.39, 0.29) is 24.0 Å². The number of ether oxygens (including phenoxy) is 1. The van der Waals surface area contributed by atoms with Gasteiger partial charge in [0.05, 0.1) is 17.0 Å². The van der Waals surface area contributed by atoms with Crippen LogP contribution in [0, 0.1) is 4.77 Å². The van der Waals surface area contributed by atoms with Crippen LogP contribution in [0.5, 0.6) is 5.75 Å². The zero-order chi connectivity index (χ0) is 23.8. The lowest BCUT2D eigenvalue weighted by Crippen LogP contribution is -2.41. The average Bonchev–Trinajstić information content (AvgIpc) is 2.79. The molecule has 0 aliphatic rings. The SMILES string of the molecule is CC(C)Oc1ccc(C(=O)NNC(=O)CCCCCn2c(=S)[nH]c3ccccc3c2=O)cc1. The van der Waals surface area contributed by atoms with E-state index in [2.05, 4.69) is 15.8 Å². The molecule has 3 aromatic rings. The van der Waals surface area contributed by atoms with Crippen molar-refractivity contribution in [1.29, 1.82) is 0 Å². The first-order valence-corrected chi connectivity index (χ1v) is 11.3. The molecule has 0 radical (unpaired) electrons. The highest BCUT2D eigenvalue weighted by Crippen LogP contribution is 2.13. The summed E-state index contributed by atoms with van der Waals surface area (Å²) in [5.41, 5.74) is 5.88. The summed E-state index contributed by atoms with van der Waals surface area (Å²) in [6.45, 7) is 4.33. The number of para-hydroxylation sites is 1. The fraction of sp³-hybridized carbons (Fsp3) is 0.333. The third-order valence-electron chi connectivity index (χ3n) is 4.98. The number of nitrogens with one attached hydrogen (secondary N) is 3. The summed E-state index contributed by atoms with van der Waals surface area (Å²) in [5, 5.41) is 0.600. The molecular formula is C24H28N4O4S. The Balaban J connectivity index is 1.39. The van der Waals surface area contributed by atoms with Crippen LogP contribution in [-0.4, -0.2) is 27.5 Å². The van der Waals surface area contributed by atoms with Gasteiger partial charge in [-0.25, -0.2) is 0 Å². The molecule has 174 valence electrons. The molecule has 0 unspecified atom stereocenters. The molecule has 9 heteroatoms. The molecule has 0 spiro atoms. The van der Waals surface area contributed by atoms with Gasteiger partial charge in [0.25, 0.3) is 11.5 Å². The Morgan fingerprint density at radius 1 is 1.03 bits per heavy atom. The van der Waals surface area contributed by atoms with Crippen LogP contribution in [-0.2, 0) is 11.3 Å². The van der Waals surface area contributed by atoms with E-state index in [1.54, 1.807) is 34.9 Å². The molecule has 0 aliphatic heterocycles. The Hall–Kier alpha value is -3.46. The number of benzene rings is 2. The number of fused-ring (bicyclic) bond motifs is 1. The van der Waals surface area contributed by atoms with Gasteiger partial charge in [0, 0.05) is 18.5 Å². The number of carbonyl (C=O) groups is 2. The van der Waals surface area contributed by atoms with Gasteiger partial charge in [-0.15, -0.1) is 0 Å². The van der Waals surface area contributed by atoms with Gasteiger partial charge in [-0.3, -0.25) is 29.8 Å². The molecule has 1 heterocycles. The van der Waals surface area contributed by atoms with Crippen LogP contribution in [0.2, 0.25) is 0 Å². The molecule has 0 saturated heterocycles. The van der Waals surface area contributed by atoms with E-state index in [4.69, 9.17) is 17.0 Å². The summed E-state index contributed by atoms with van der Waals surface area (Å²) in [6, 6.07) is 14.0. The minimum atomic E-state index is -0.399. The van der Waals surface area contributed by atoms with Crippen molar-refractivity contribution < 1.29 is 14.3 Å². The third kappa shape index (κ3) is 6.76. The van der Waals surface area contributed by atoms with Crippen molar-refractivity contribution in [1.82, 2.24) is 20.4 Å². The van der Waals surface area contributed by atoms with Crippen LogP contribution in [0.4, 0.5) is 0 Å². The lowest BCUT2D eigenvalue weighted by Gasteiger charge is -2.11. The highest BCUT2D eigenvalue weighted by molar-refractivity contribution is 7.71. The van der Waals surface area contributed by atoms with E-state index in [1.165, 1.54) is 0 Å². The van der Waals surface area contributed by atoms with Crippen molar-refractivity contribution in [2.75, 3.05) is 0 Å². The van der Waals surface area contributed by atoms with Crippen molar-refractivity contribution >= 4 is 34.9 Å². The molecule has 1 aromatic heterocycles. The second-order valence-corrected chi connectivity index (χ2v) is 8.32. The summed E-state index contributed by atoms with van der Waals surface area (Å²) in [6.07, 6.45) is 2.39. The van der Waals surface area contributed by atoms with Crippen LogP contribution in [0.1, 0.15) is 49.9 Å². The maximum Gasteiger partial charge on any atom is 0.269 e. The van der Waals surface area contributed by atoms with E-state index in [0.29, 0.717) is 40.9 Å². The van der Waals surface area contributed by atoms with Crippen molar-refractivity contribution in [2.45, 2.75) is 52.2 Å². The maximum atomic E-state index is 12.6. The minimum absolute atomic E-state index is 0.0503. The lowest BCUT2D eigenvalue weighted by molar-refractivity contribution is -0.122. The number of H-pyrrole nitrogens is 1. The predicted molar refractivity (Wildman–Crippen MR) is 130 cm³/mol. The maximum absolute atomic E-state index is 12.6. The Bertz CT molecular complexity index is 1230. The molecule has 0 atom stereocenters. The summed E-state index contributed by atoms with van der Waals surface area (Å²) in [4.78, 5) is 39.9. The van der Waals surface area contributed by atoms with Gasteiger partial charge < -0.3 is 9.72 Å².